The molecule has 150 valence electrons. The predicted octanol–water partition coefficient (Wildman–Crippen LogP) is 3.58. The van der Waals surface area contributed by atoms with Crippen LogP contribution in [-0.4, -0.2) is 30.6 Å². The fraction of sp³-hybridized carbons (Fsp3) is 0.400. The maximum atomic E-state index is 10.2. The molecule has 6 nitrogen and oxygen atoms in total. The zero-order valence-corrected chi connectivity index (χ0v) is 17.8. The number of hydrogen-bond acceptors (Lipinski definition) is 7. The molecule has 2 aromatic carbocycles. The molecule has 0 saturated carbocycles. The van der Waals surface area contributed by atoms with E-state index >= 15 is 0 Å². The minimum absolute atomic E-state index is 0.441. The molecule has 3 N–H and O–H groups in total. The Morgan fingerprint density at radius 1 is 1.04 bits per heavy atom. The smallest absolute Gasteiger partial charge is 0.399 e. The van der Waals surface area contributed by atoms with Crippen molar-refractivity contribution in [3.63, 3.8) is 0 Å². The summed E-state index contributed by atoms with van der Waals surface area (Å²) in [6.07, 6.45) is 0. The highest BCUT2D eigenvalue weighted by Gasteiger charge is 2.52. The van der Waals surface area contributed by atoms with E-state index in [0.717, 1.165) is 27.8 Å². The van der Waals surface area contributed by atoms with Crippen LogP contribution in [0, 0.1) is 0 Å². The van der Waals surface area contributed by atoms with Crippen molar-refractivity contribution >= 4 is 36.1 Å². The molecule has 0 aromatic heterocycles. The summed E-state index contributed by atoms with van der Waals surface area (Å²) in [4.78, 5) is 0. The van der Waals surface area contributed by atoms with Crippen molar-refractivity contribution in [1.29, 1.82) is 0 Å². The van der Waals surface area contributed by atoms with Crippen LogP contribution in [0.4, 0.5) is 11.4 Å². The van der Waals surface area contributed by atoms with Gasteiger partial charge in [0.15, 0.2) is 0 Å². The standard InChI is InChI=1S/C20H28BN3O3S/c1-19(2)20(3,4)27-21(26-19)17-13-16(24(25)28-22-5)11-12-18(17)23-14-15-9-7-6-8-10-15/h6-13,22-23,25H,14H2,1-5H3. The molecular formula is C20H28BN3O3S. The van der Waals surface area contributed by atoms with E-state index in [1.807, 2.05) is 64.1 Å². The lowest BCUT2D eigenvalue weighted by Crippen LogP contribution is -2.41. The van der Waals surface area contributed by atoms with E-state index in [4.69, 9.17) is 9.31 Å². The van der Waals surface area contributed by atoms with Gasteiger partial charge in [-0.05, 0) is 58.5 Å². The summed E-state index contributed by atoms with van der Waals surface area (Å²) in [5.41, 5.74) is 2.69. The van der Waals surface area contributed by atoms with E-state index < -0.39 is 18.3 Å². The van der Waals surface area contributed by atoms with E-state index in [1.54, 1.807) is 7.05 Å². The first-order valence-electron chi connectivity index (χ1n) is 9.33. The summed E-state index contributed by atoms with van der Waals surface area (Å²) in [6, 6.07) is 15.9. The Bertz CT molecular complexity index is 789. The van der Waals surface area contributed by atoms with Gasteiger partial charge in [0.05, 0.1) is 29.0 Å². The quantitative estimate of drug-likeness (QED) is 0.372. The predicted molar refractivity (Wildman–Crippen MR) is 117 cm³/mol. The lowest BCUT2D eigenvalue weighted by molar-refractivity contribution is 0.00578. The van der Waals surface area contributed by atoms with Gasteiger partial charge in [-0.25, -0.2) is 4.72 Å². The second-order valence-electron chi connectivity index (χ2n) is 7.77. The number of benzene rings is 2. The zero-order chi connectivity index (χ0) is 20.4. The van der Waals surface area contributed by atoms with Gasteiger partial charge in [0.25, 0.3) is 0 Å². The first kappa shape index (κ1) is 21.0. The number of anilines is 2. The molecule has 0 aliphatic carbocycles. The first-order chi connectivity index (χ1) is 13.2. The molecule has 0 bridgehead atoms. The van der Waals surface area contributed by atoms with Crippen LogP contribution in [0.25, 0.3) is 0 Å². The second-order valence-corrected chi connectivity index (χ2v) is 8.70. The van der Waals surface area contributed by atoms with E-state index in [-0.39, 0.29) is 0 Å². The Kier molecular flexibility index (Phi) is 6.26. The van der Waals surface area contributed by atoms with E-state index in [0.29, 0.717) is 12.2 Å². The van der Waals surface area contributed by atoms with Crippen LogP contribution in [0.3, 0.4) is 0 Å². The molecule has 0 amide bonds. The molecule has 0 atom stereocenters. The molecule has 2 aromatic rings. The molecule has 0 radical (unpaired) electrons. The molecule has 1 heterocycles. The van der Waals surface area contributed by atoms with Crippen LogP contribution in [0.15, 0.2) is 48.5 Å². The molecule has 0 spiro atoms. The SMILES string of the molecule is CNSN(O)c1ccc(NCc2ccccc2)c(B2OC(C)(C)C(C)(C)O2)c1. The van der Waals surface area contributed by atoms with Crippen molar-refractivity contribution < 1.29 is 14.5 Å². The Morgan fingerprint density at radius 2 is 1.68 bits per heavy atom. The highest BCUT2D eigenvalue weighted by atomic mass is 32.2. The van der Waals surface area contributed by atoms with Gasteiger partial charge in [-0.1, -0.05) is 30.3 Å². The van der Waals surface area contributed by atoms with Gasteiger partial charge in [-0.2, -0.15) is 4.47 Å². The molecule has 1 aliphatic rings. The fourth-order valence-electron chi connectivity index (χ4n) is 2.93. The average molecular weight is 401 g/mol. The molecule has 1 aliphatic heterocycles. The van der Waals surface area contributed by atoms with E-state index in [2.05, 4.69) is 22.2 Å². The van der Waals surface area contributed by atoms with Crippen molar-refractivity contribution in [2.75, 3.05) is 16.8 Å². The zero-order valence-electron chi connectivity index (χ0n) is 17.0. The highest BCUT2D eigenvalue weighted by Crippen LogP contribution is 2.37. The van der Waals surface area contributed by atoms with Crippen LogP contribution < -0.4 is 20.0 Å². The highest BCUT2D eigenvalue weighted by molar-refractivity contribution is 7.98. The maximum absolute atomic E-state index is 10.2. The lowest BCUT2D eigenvalue weighted by Gasteiger charge is -2.32. The van der Waals surface area contributed by atoms with Crippen molar-refractivity contribution in [2.24, 2.45) is 0 Å². The van der Waals surface area contributed by atoms with Crippen molar-refractivity contribution in [1.82, 2.24) is 4.72 Å². The molecule has 1 saturated heterocycles. The van der Waals surface area contributed by atoms with Crippen LogP contribution in [0.5, 0.6) is 0 Å². The number of hydrogen-bond donors (Lipinski definition) is 3. The van der Waals surface area contributed by atoms with Crippen molar-refractivity contribution in [3.8, 4) is 0 Å². The third-order valence-corrected chi connectivity index (χ3v) is 5.83. The van der Waals surface area contributed by atoms with Gasteiger partial charge >= 0.3 is 7.12 Å². The largest absolute Gasteiger partial charge is 0.497 e. The summed E-state index contributed by atoms with van der Waals surface area (Å²) in [6.45, 7) is 8.80. The van der Waals surface area contributed by atoms with Crippen molar-refractivity contribution in [3.05, 3.63) is 54.1 Å². The Hall–Kier alpha value is -1.71. The monoisotopic (exact) mass is 401 g/mol. The molecule has 3 rings (SSSR count). The third kappa shape index (κ3) is 4.47. The van der Waals surface area contributed by atoms with Crippen LogP contribution in [0.1, 0.15) is 33.3 Å². The lowest BCUT2D eigenvalue weighted by atomic mass is 9.77. The Labute approximate surface area is 172 Å². The van der Waals surface area contributed by atoms with E-state index in [1.165, 1.54) is 5.56 Å². The molecule has 1 fully saturated rings. The number of rotatable bonds is 7. The topological polar surface area (TPSA) is 66.0 Å². The molecular weight excluding hydrogens is 373 g/mol. The molecule has 28 heavy (non-hydrogen) atoms. The van der Waals surface area contributed by atoms with Gasteiger partial charge in [0.1, 0.15) is 0 Å². The molecule has 0 unspecified atom stereocenters. The minimum Gasteiger partial charge on any atom is -0.399 e. The molecule has 8 heteroatoms. The average Bonchev–Trinajstić information content (AvgIpc) is 2.88. The maximum Gasteiger partial charge on any atom is 0.497 e. The van der Waals surface area contributed by atoms with Gasteiger partial charge in [-0.15, -0.1) is 0 Å². The van der Waals surface area contributed by atoms with Crippen LogP contribution in [-0.2, 0) is 15.9 Å². The summed E-state index contributed by atoms with van der Waals surface area (Å²) in [5.74, 6) is 0. The summed E-state index contributed by atoms with van der Waals surface area (Å²) in [5, 5.41) is 13.7. The van der Waals surface area contributed by atoms with Gasteiger partial charge < -0.3 is 14.6 Å². The summed E-state index contributed by atoms with van der Waals surface area (Å²) in [7, 11) is 1.22. The Balaban J connectivity index is 1.90. The Morgan fingerprint density at radius 3 is 2.29 bits per heavy atom. The number of nitrogens with one attached hydrogen (secondary N) is 2. The third-order valence-electron chi connectivity index (χ3n) is 5.27. The van der Waals surface area contributed by atoms with Gasteiger partial charge in [0.2, 0.25) is 0 Å². The first-order valence-corrected chi connectivity index (χ1v) is 10.1. The second kappa shape index (κ2) is 8.35. The van der Waals surface area contributed by atoms with E-state index in [9.17, 15) is 5.21 Å². The minimum atomic E-state index is -0.531. The summed E-state index contributed by atoms with van der Waals surface area (Å²) < 4.78 is 16.4. The summed E-state index contributed by atoms with van der Waals surface area (Å²) >= 11 is 1.09. The van der Waals surface area contributed by atoms with Crippen molar-refractivity contribution in [2.45, 2.75) is 45.4 Å². The van der Waals surface area contributed by atoms with Crippen LogP contribution in [0.2, 0.25) is 0 Å². The fourth-order valence-corrected chi connectivity index (χ4v) is 3.32. The van der Waals surface area contributed by atoms with Crippen LogP contribution >= 0.6 is 12.1 Å². The van der Waals surface area contributed by atoms with Gasteiger partial charge in [0, 0.05) is 17.7 Å². The van der Waals surface area contributed by atoms with Gasteiger partial charge in [-0.3, -0.25) is 5.21 Å². The normalized spacial score (nSPS) is 17.6. The number of nitrogens with zero attached hydrogens (tertiary/aromatic N) is 1.